The smallest absolute Gasteiger partial charge is 0.137 e. The molecule has 4 unspecified atom stereocenters. The van der Waals surface area contributed by atoms with Crippen LogP contribution >= 0.6 is 11.6 Å². The van der Waals surface area contributed by atoms with E-state index in [1.807, 2.05) is 32.1 Å². The molecular weight excluding hydrogens is 314 g/mol. The summed E-state index contributed by atoms with van der Waals surface area (Å²) in [5.41, 5.74) is 0.323. The minimum absolute atomic E-state index is 0.0536. The van der Waals surface area contributed by atoms with Crippen molar-refractivity contribution in [2.75, 3.05) is 0 Å². The van der Waals surface area contributed by atoms with Gasteiger partial charge in [0, 0.05) is 5.02 Å². The second-order valence-electron chi connectivity index (χ2n) is 6.26. The molecule has 1 saturated carbocycles. The first kappa shape index (κ1) is 16.2. The molecule has 0 amide bonds. The number of aliphatic hydroxyl groups is 2. The molecule has 1 fully saturated rings. The van der Waals surface area contributed by atoms with Crippen molar-refractivity contribution in [3.8, 4) is 0 Å². The lowest BCUT2D eigenvalue weighted by Crippen LogP contribution is -2.40. The number of benzene rings is 1. The zero-order chi connectivity index (χ0) is 16.6. The molecule has 0 saturated heterocycles. The molecule has 2 aromatic rings. The Kier molecular flexibility index (Phi) is 4.27. The van der Waals surface area contributed by atoms with Gasteiger partial charge in [0.25, 0.3) is 0 Å². The Labute approximate surface area is 140 Å². The minimum atomic E-state index is -1.17. The molecule has 0 spiro atoms. The van der Waals surface area contributed by atoms with Crippen LogP contribution in [0.2, 0.25) is 5.02 Å². The maximum absolute atomic E-state index is 11.3. The van der Waals surface area contributed by atoms with Crippen LogP contribution in [0.25, 0.3) is 6.08 Å². The predicted molar refractivity (Wildman–Crippen MR) is 88.7 cm³/mol. The van der Waals surface area contributed by atoms with Gasteiger partial charge >= 0.3 is 0 Å². The van der Waals surface area contributed by atoms with Crippen molar-refractivity contribution < 1.29 is 10.2 Å². The largest absolute Gasteiger partial charge is 0.388 e. The molecule has 0 aliphatic heterocycles. The molecule has 0 bridgehead atoms. The Hall–Kier alpha value is -1.69. The Morgan fingerprint density at radius 3 is 2.61 bits per heavy atom. The third kappa shape index (κ3) is 2.92. The van der Waals surface area contributed by atoms with E-state index in [1.54, 1.807) is 23.1 Å². The van der Waals surface area contributed by atoms with E-state index < -0.39 is 11.7 Å². The molecule has 4 atom stereocenters. The molecule has 1 aromatic heterocycles. The van der Waals surface area contributed by atoms with Crippen LogP contribution < -0.4 is 0 Å². The van der Waals surface area contributed by atoms with Crippen LogP contribution in [0.15, 0.2) is 42.5 Å². The van der Waals surface area contributed by atoms with Gasteiger partial charge in [0.15, 0.2) is 0 Å². The third-order valence-corrected chi connectivity index (χ3v) is 5.17. The first-order valence-corrected chi connectivity index (χ1v) is 8.00. The van der Waals surface area contributed by atoms with E-state index in [0.717, 1.165) is 5.56 Å². The second kappa shape index (κ2) is 6.07. The Morgan fingerprint density at radius 1 is 1.30 bits per heavy atom. The highest BCUT2D eigenvalue weighted by Gasteiger charge is 2.52. The molecule has 1 aromatic carbocycles. The minimum Gasteiger partial charge on any atom is -0.388 e. The van der Waals surface area contributed by atoms with Crippen molar-refractivity contribution in [2.24, 2.45) is 11.8 Å². The van der Waals surface area contributed by atoms with Gasteiger partial charge < -0.3 is 10.2 Å². The maximum atomic E-state index is 11.3. The highest BCUT2D eigenvalue weighted by atomic mass is 35.5. The summed E-state index contributed by atoms with van der Waals surface area (Å²) in [5, 5.41) is 26.6. The summed E-state index contributed by atoms with van der Waals surface area (Å²) in [6, 6.07) is 7.31. The van der Waals surface area contributed by atoms with E-state index in [1.165, 1.54) is 6.33 Å². The van der Waals surface area contributed by atoms with Crippen LogP contribution in [-0.2, 0) is 6.54 Å². The highest BCUT2D eigenvalue weighted by molar-refractivity contribution is 6.30. The first-order chi connectivity index (χ1) is 10.9. The van der Waals surface area contributed by atoms with Crippen molar-refractivity contribution in [3.63, 3.8) is 0 Å². The van der Waals surface area contributed by atoms with Gasteiger partial charge in [-0.3, -0.25) is 0 Å². The summed E-state index contributed by atoms with van der Waals surface area (Å²) in [7, 11) is 0. The van der Waals surface area contributed by atoms with Gasteiger partial charge in [0.1, 0.15) is 18.3 Å². The topological polar surface area (TPSA) is 71.2 Å². The van der Waals surface area contributed by atoms with Gasteiger partial charge in [-0.05, 0) is 35.1 Å². The quantitative estimate of drug-likeness (QED) is 0.904. The fraction of sp³-hybridized carbons (Fsp3) is 0.412. The Morgan fingerprint density at radius 2 is 2.00 bits per heavy atom. The van der Waals surface area contributed by atoms with Gasteiger partial charge in [0.05, 0.1) is 12.6 Å². The van der Waals surface area contributed by atoms with Crippen LogP contribution in [0.3, 0.4) is 0 Å². The average molecular weight is 334 g/mol. The van der Waals surface area contributed by atoms with Crippen molar-refractivity contribution >= 4 is 17.7 Å². The normalized spacial score (nSPS) is 32.6. The van der Waals surface area contributed by atoms with Crippen LogP contribution in [0.5, 0.6) is 0 Å². The number of aromatic nitrogens is 3. The molecule has 23 heavy (non-hydrogen) atoms. The second-order valence-corrected chi connectivity index (χ2v) is 6.70. The molecular formula is C17H20ClN3O2. The highest BCUT2D eigenvalue weighted by Crippen LogP contribution is 2.46. The molecule has 122 valence electrons. The lowest BCUT2D eigenvalue weighted by Gasteiger charge is -2.30. The summed E-state index contributed by atoms with van der Waals surface area (Å²) in [4.78, 5) is 3.92. The molecule has 3 rings (SSSR count). The number of hydrogen-bond acceptors (Lipinski definition) is 4. The van der Waals surface area contributed by atoms with Gasteiger partial charge in [-0.15, -0.1) is 0 Å². The van der Waals surface area contributed by atoms with E-state index in [9.17, 15) is 10.2 Å². The zero-order valence-corrected chi connectivity index (χ0v) is 13.9. The number of aliphatic hydroxyl groups excluding tert-OH is 1. The van der Waals surface area contributed by atoms with E-state index >= 15 is 0 Å². The molecule has 1 heterocycles. The molecule has 0 radical (unpaired) electrons. The van der Waals surface area contributed by atoms with Gasteiger partial charge in [-0.2, -0.15) is 5.10 Å². The first-order valence-electron chi connectivity index (χ1n) is 7.62. The summed E-state index contributed by atoms with van der Waals surface area (Å²) in [6.07, 6.45) is 4.15. The van der Waals surface area contributed by atoms with Crippen molar-refractivity contribution in [1.82, 2.24) is 14.8 Å². The number of nitrogens with zero attached hydrogens (tertiary/aromatic N) is 3. The summed E-state index contributed by atoms with van der Waals surface area (Å²) in [6.45, 7) is 4.16. The van der Waals surface area contributed by atoms with E-state index in [0.29, 0.717) is 10.6 Å². The monoisotopic (exact) mass is 333 g/mol. The Balaban J connectivity index is 2.01. The summed E-state index contributed by atoms with van der Waals surface area (Å²) < 4.78 is 1.59. The lowest BCUT2D eigenvalue weighted by molar-refractivity contribution is 0.0127. The summed E-state index contributed by atoms with van der Waals surface area (Å²) >= 11 is 5.92. The predicted octanol–water partition coefficient (Wildman–Crippen LogP) is 2.39. The van der Waals surface area contributed by atoms with E-state index in [2.05, 4.69) is 10.1 Å². The average Bonchev–Trinajstić information content (AvgIpc) is 3.08. The number of halogens is 1. The van der Waals surface area contributed by atoms with Gasteiger partial charge in [-0.1, -0.05) is 43.7 Å². The van der Waals surface area contributed by atoms with Crippen LogP contribution in [0, 0.1) is 11.8 Å². The van der Waals surface area contributed by atoms with Crippen molar-refractivity contribution in [2.45, 2.75) is 32.1 Å². The molecule has 5 nitrogen and oxygen atoms in total. The van der Waals surface area contributed by atoms with Crippen molar-refractivity contribution in [3.05, 3.63) is 53.1 Å². The van der Waals surface area contributed by atoms with E-state index in [-0.39, 0.29) is 18.4 Å². The molecule has 1 aliphatic rings. The van der Waals surface area contributed by atoms with Gasteiger partial charge in [0.2, 0.25) is 0 Å². The van der Waals surface area contributed by atoms with Crippen LogP contribution in [0.4, 0.5) is 0 Å². The van der Waals surface area contributed by atoms with Gasteiger partial charge in [-0.25, -0.2) is 9.67 Å². The van der Waals surface area contributed by atoms with Crippen LogP contribution in [0.1, 0.15) is 19.4 Å². The molecule has 2 N–H and O–H groups in total. The standard InChI is InChI=1S/C17H20ClN3O2/c1-11-12(2)17(23,8-21-10-19-9-20-21)15(16(11)22)7-13-3-5-14(18)6-4-13/h3-7,9-12,16,22-23H,8H2,1-2H3. The lowest BCUT2D eigenvalue weighted by atomic mass is 9.86. The number of rotatable bonds is 3. The van der Waals surface area contributed by atoms with Crippen LogP contribution in [-0.4, -0.2) is 36.7 Å². The molecule has 6 heteroatoms. The third-order valence-electron chi connectivity index (χ3n) is 4.92. The SMILES string of the molecule is CC1C(O)C(=Cc2ccc(Cl)cc2)C(O)(Cn2cncn2)C1C. The maximum Gasteiger partial charge on any atom is 0.137 e. The Bertz CT molecular complexity index is 699. The van der Waals surface area contributed by atoms with E-state index in [4.69, 9.17) is 11.6 Å². The zero-order valence-electron chi connectivity index (χ0n) is 13.1. The van der Waals surface area contributed by atoms with Crippen molar-refractivity contribution in [1.29, 1.82) is 0 Å². The number of hydrogen-bond donors (Lipinski definition) is 2. The summed E-state index contributed by atoms with van der Waals surface area (Å²) in [5.74, 6) is -0.165. The fourth-order valence-corrected chi connectivity index (χ4v) is 3.38. The molecule has 1 aliphatic carbocycles. The fourth-order valence-electron chi connectivity index (χ4n) is 3.26.